The number of Topliss-reactive ketones (excluding diaryl/α,β-unsaturated/α-hetero) is 2. The Morgan fingerprint density at radius 2 is 0.860 bits per heavy atom. The molecule has 0 spiro atoms. The predicted molar refractivity (Wildman–Crippen MR) is 181 cm³/mol. The second kappa shape index (κ2) is 11.7. The van der Waals surface area contributed by atoms with E-state index < -0.39 is 11.0 Å². The zero-order chi connectivity index (χ0) is 33.7. The van der Waals surface area contributed by atoms with Gasteiger partial charge in [0.15, 0.2) is 11.4 Å². The second-order valence-electron chi connectivity index (χ2n) is 17.5. The third kappa shape index (κ3) is 7.73. The normalized spacial score (nSPS) is 13.7. The molecular formula is C39H60O4. The number of carbonyl (C=O) groups is 2. The minimum atomic E-state index is -1.14. The molecule has 1 N–H and O–H groups in total. The van der Waals surface area contributed by atoms with Gasteiger partial charge in [-0.15, -0.1) is 0 Å². The summed E-state index contributed by atoms with van der Waals surface area (Å²) in [5.74, 6) is 0.925. The van der Waals surface area contributed by atoms with Crippen LogP contribution in [0.15, 0.2) is 24.3 Å². The van der Waals surface area contributed by atoms with Crippen molar-refractivity contribution in [2.24, 2.45) is 5.41 Å². The fourth-order valence-corrected chi connectivity index (χ4v) is 5.55. The Balaban J connectivity index is 2.98. The molecular weight excluding hydrogens is 532 g/mol. The number of carbonyl (C=O) groups excluding carboxylic acids is 2. The van der Waals surface area contributed by atoms with Crippen molar-refractivity contribution in [3.63, 3.8) is 0 Å². The standard InChI is InChI=1S/C39H60O4/c1-18-39(19-2,33(42)25-20-26(34(3,4)5)30(40)27(21-25)35(6,7)8)43-31-28(36(9,10)11)22-24(32(41)38(15,16)17)23-29(31)37(12,13)14/h20-23,40H,18-19H2,1-17H3. The van der Waals surface area contributed by atoms with Gasteiger partial charge < -0.3 is 9.84 Å². The van der Waals surface area contributed by atoms with Crippen molar-refractivity contribution in [1.82, 2.24) is 0 Å². The maximum atomic E-state index is 14.8. The molecule has 0 atom stereocenters. The van der Waals surface area contributed by atoms with E-state index >= 15 is 0 Å². The van der Waals surface area contributed by atoms with Gasteiger partial charge in [-0.05, 0) is 58.8 Å². The summed E-state index contributed by atoms with van der Waals surface area (Å²) in [5, 5.41) is 11.3. The van der Waals surface area contributed by atoms with Crippen molar-refractivity contribution in [3.8, 4) is 11.5 Å². The average molecular weight is 593 g/mol. The maximum Gasteiger partial charge on any atom is 0.206 e. The number of aromatic hydroxyl groups is 1. The summed E-state index contributed by atoms with van der Waals surface area (Å²) in [5.41, 5.74) is 1.45. The molecule has 4 nitrogen and oxygen atoms in total. The Morgan fingerprint density at radius 3 is 1.14 bits per heavy atom. The van der Waals surface area contributed by atoms with Gasteiger partial charge in [-0.2, -0.15) is 0 Å². The second-order valence-corrected chi connectivity index (χ2v) is 17.5. The van der Waals surface area contributed by atoms with Gasteiger partial charge in [-0.1, -0.05) is 118 Å². The van der Waals surface area contributed by atoms with E-state index in [-0.39, 0.29) is 39.0 Å². The van der Waals surface area contributed by atoms with Crippen LogP contribution in [0.5, 0.6) is 11.5 Å². The van der Waals surface area contributed by atoms with Gasteiger partial charge in [0.1, 0.15) is 11.5 Å². The fraction of sp³-hybridized carbons (Fsp3) is 0.641. The summed E-state index contributed by atoms with van der Waals surface area (Å²) in [6.45, 7) is 34.9. The van der Waals surface area contributed by atoms with Crippen LogP contribution in [0.1, 0.15) is 174 Å². The largest absolute Gasteiger partial charge is 0.507 e. The number of benzene rings is 2. The number of phenolic OH excluding ortho intramolecular Hbond substituents is 1. The van der Waals surface area contributed by atoms with Crippen molar-refractivity contribution >= 4 is 11.6 Å². The molecule has 0 bridgehead atoms. The number of ketones is 2. The minimum Gasteiger partial charge on any atom is -0.507 e. The summed E-state index contributed by atoms with van der Waals surface area (Å²) < 4.78 is 7.11. The zero-order valence-electron chi connectivity index (χ0n) is 30.4. The van der Waals surface area contributed by atoms with Crippen LogP contribution in [0, 0.1) is 5.41 Å². The fourth-order valence-electron chi connectivity index (χ4n) is 5.55. The molecule has 2 aromatic carbocycles. The molecule has 0 radical (unpaired) electrons. The van der Waals surface area contributed by atoms with Crippen molar-refractivity contribution in [1.29, 1.82) is 0 Å². The van der Waals surface area contributed by atoms with Gasteiger partial charge in [0.25, 0.3) is 0 Å². The first-order valence-electron chi connectivity index (χ1n) is 16.0. The van der Waals surface area contributed by atoms with E-state index in [1.54, 1.807) is 0 Å². The molecule has 4 heteroatoms. The van der Waals surface area contributed by atoms with E-state index in [0.717, 1.165) is 22.3 Å². The van der Waals surface area contributed by atoms with Crippen LogP contribution in [0.25, 0.3) is 0 Å². The monoisotopic (exact) mass is 592 g/mol. The highest BCUT2D eigenvalue weighted by Crippen LogP contribution is 2.46. The molecule has 0 saturated carbocycles. The SMILES string of the molecule is CCC(CC)(Oc1c(C(C)(C)C)cc(C(=O)C(C)(C)C)cc1C(C)(C)C)C(=O)c1cc(C(C)(C)C)c(O)c(C(C)(C)C)c1. The third-order valence-corrected chi connectivity index (χ3v) is 8.49. The van der Waals surface area contributed by atoms with E-state index in [0.29, 0.717) is 29.7 Å². The van der Waals surface area contributed by atoms with Crippen molar-refractivity contribution in [2.45, 2.75) is 158 Å². The quantitative estimate of drug-likeness (QED) is 0.325. The molecule has 0 fully saturated rings. The first kappa shape index (κ1) is 36.6. The predicted octanol–water partition coefficient (Wildman–Crippen LogP) is 10.6. The molecule has 43 heavy (non-hydrogen) atoms. The van der Waals surface area contributed by atoms with Gasteiger partial charge >= 0.3 is 0 Å². The summed E-state index contributed by atoms with van der Waals surface area (Å²) in [7, 11) is 0. The number of hydrogen-bond donors (Lipinski definition) is 1. The Bertz CT molecular complexity index is 1280. The number of hydrogen-bond acceptors (Lipinski definition) is 4. The molecule has 0 saturated heterocycles. The van der Waals surface area contributed by atoms with E-state index in [2.05, 4.69) is 83.1 Å². The van der Waals surface area contributed by atoms with E-state index in [1.807, 2.05) is 58.9 Å². The lowest BCUT2D eigenvalue weighted by atomic mass is 9.75. The van der Waals surface area contributed by atoms with E-state index in [9.17, 15) is 14.7 Å². The van der Waals surface area contributed by atoms with Gasteiger partial charge in [0.05, 0.1) is 0 Å². The van der Waals surface area contributed by atoms with Crippen LogP contribution in [0.4, 0.5) is 0 Å². The number of phenols is 1. The molecule has 0 amide bonds. The van der Waals surface area contributed by atoms with Crippen molar-refractivity contribution in [3.05, 3.63) is 57.6 Å². The Hall–Kier alpha value is -2.62. The van der Waals surface area contributed by atoms with E-state index in [4.69, 9.17) is 4.74 Å². The van der Waals surface area contributed by atoms with Crippen LogP contribution < -0.4 is 4.74 Å². The van der Waals surface area contributed by atoms with Crippen LogP contribution in [0.2, 0.25) is 0 Å². The summed E-state index contributed by atoms with van der Waals surface area (Å²) in [4.78, 5) is 28.3. The summed E-state index contributed by atoms with van der Waals surface area (Å²) in [6, 6.07) is 7.68. The van der Waals surface area contributed by atoms with Crippen molar-refractivity contribution in [2.75, 3.05) is 0 Å². The summed E-state index contributed by atoms with van der Waals surface area (Å²) in [6.07, 6.45) is 0.934. The zero-order valence-corrected chi connectivity index (χ0v) is 30.4. The smallest absolute Gasteiger partial charge is 0.206 e. The van der Waals surface area contributed by atoms with E-state index in [1.165, 1.54) is 0 Å². The molecule has 0 unspecified atom stereocenters. The third-order valence-electron chi connectivity index (χ3n) is 8.49. The highest BCUT2D eigenvalue weighted by atomic mass is 16.5. The number of rotatable bonds is 7. The lowest BCUT2D eigenvalue weighted by Crippen LogP contribution is -2.45. The molecule has 0 aliphatic heterocycles. The maximum absolute atomic E-state index is 14.8. The lowest BCUT2D eigenvalue weighted by molar-refractivity contribution is 0.0393. The van der Waals surface area contributed by atoms with Gasteiger partial charge in [0.2, 0.25) is 5.78 Å². The molecule has 0 heterocycles. The molecule has 0 aromatic heterocycles. The molecule has 240 valence electrons. The highest BCUT2D eigenvalue weighted by molar-refractivity contribution is 6.03. The number of ether oxygens (including phenoxy) is 1. The topological polar surface area (TPSA) is 63.6 Å². The molecule has 0 aliphatic carbocycles. The van der Waals surface area contributed by atoms with Crippen LogP contribution in [0.3, 0.4) is 0 Å². The lowest BCUT2D eigenvalue weighted by Gasteiger charge is -2.38. The Morgan fingerprint density at radius 1 is 0.558 bits per heavy atom. The highest BCUT2D eigenvalue weighted by Gasteiger charge is 2.42. The van der Waals surface area contributed by atoms with Crippen LogP contribution >= 0.6 is 0 Å². The minimum absolute atomic E-state index is 0.0804. The van der Waals surface area contributed by atoms with Crippen molar-refractivity contribution < 1.29 is 19.4 Å². The Labute approximate surface area is 263 Å². The molecule has 2 aromatic rings. The Kier molecular flexibility index (Phi) is 9.96. The average Bonchev–Trinajstić information content (AvgIpc) is 2.83. The van der Waals surface area contributed by atoms with Crippen LogP contribution in [-0.4, -0.2) is 22.3 Å². The van der Waals surface area contributed by atoms with Crippen LogP contribution in [-0.2, 0) is 21.7 Å². The van der Waals surface area contributed by atoms with Gasteiger partial charge in [0, 0.05) is 38.8 Å². The first-order valence-corrected chi connectivity index (χ1v) is 16.0. The summed E-state index contributed by atoms with van der Waals surface area (Å²) >= 11 is 0. The first-order chi connectivity index (χ1) is 19.1. The van der Waals surface area contributed by atoms with Gasteiger partial charge in [-0.3, -0.25) is 9.59 Å². The molecule has 2 rings (SSSR count). The van der Waals surface area contributed by atoms with Gasteiger partial charge in [-0.25, -0.2) is 0 Å². The molecule has 0 aliphatic rings.